The average molecular weight is 395 g/mol. The molecule has 0 spiro atoms. The van der Waals surface area contributed by atoms with Gasteiger partial charge in [0.05, 0.1) is 11.8 Å². The summed E-state index contributed by atoms with van der Waals surface area (Å²) in [5.74, 6) is -1.63. The fourth-order valence-electron chi connectivity index (χ4n) is 4.28. The number of amides is 6. The normalized spacial score (nSPS) is 26.6. The van der Waals surface area contributed by atoms with Crippen molar-refractivity contribution in [3.8, 4) is 0 Å². The minimum Gasteiger partial charge on any atom is -0.359 e. The molecule has 2 aliphatic rings. The zero-order valence-electron chi connectivity index (χ0n) is 16.3. The van der Waals surface area contributed by atoms with Crippen LogP contribution >= 0.6 is 0 Å². The highest BCUT2D eigenvalue weighted by Gasteiger charge is 2.54. The number of carbonyl (C=O) groups excluding carboxylic acids is 5. The van der Waals surface area contributed by atoms with Crippen molar-refractivity contribution in [2.75, 3.05) is 13.6 Å². The molecule has 0 aromatic heterocycles. The lowest BCUT2D eigenvalue weighted by Gasteiger charge is -2.34. The Hall–Kier alpha value is -2.65. The van der Waals surface area contributed by atoms with Gasteiger partial charge in [-0.25, -0.2) is 10.2 Å². The number of hydrogen-bond donors (Lipinski definition) is 4. The Bertz CT molecular complexity index is 652. The number of hydrazine groups is 1. The first kappa shape index (κ1) is 21.6. The number of carbonyl (C=O) groups is 5. The van der Waals surface area contributed by atoms with Crippen LogP contribution in [0.5, 0.6) is 0 Å². The maximum absolute atomic E-state index is 12.9. The zero-order chi connectivity index (χ0) is 20.8. The molecule has 28 heavy (non-hydrogen) atoms. The van der Waals surface area contributed by atoms with Crippen LogP contribution in [-0.2, 0) is 19.2 Å². The van der Waals surface area contributed by atoms with Crippen molar-refractivity contribution in [3.63, 3.8) is 0 Å². The summed E-state index contributed by atoms with van der Waals surface area (Å²) in [4.78, 5) is 60.9. The Labute approximate surface area is 163 Å². The van der Waals surface area contributed by atoms with Gasteiger partial charge in [-0.3, -0.25) is 29.5 Å². The fourth-order valence-corrected chi connectivity index (χ4v) is 4.28. The molecule has 5 N–H and O–H groups in total. The molecule has 1 heterocycles. The van der Waals surface area contributed by atoms with Gasteiger partial charge in [0.25, 0.3) is 0 Å². The van der Waals surface area contributed by atoms with E-state index in [0.29, 0.717) is 12.8 Å². The van der Waals surface area contributed by atoms with Gasteiger partial charge in [0.1, 0.15) is 0 Å². The second-order valence-corrected chi connectivity index (χ2v) is 7.55. The van der Waals surface area contributed by atoms with Crippen molar-refractivity contribution in [3.05, 3.63) is 0 Å². The van der Waals surface area contributed by atoms with Gasteiger partial charge >= 0.3 is 6.03 Å². The van der Waals surface area contributed by atoms with Gasteiger partial charge in [-0.05, 0) is 37.5 Å². The molecule has 1 aliphatic heterocycles. The van der Waals surface area contributed by atoms with E-state index < -0.39 is 17.9 Å². The largest absolute Gasteiger partial charge is 0.359 e. The molecule has 1 aliphatic carbocycles. The number of imide groups is 1. The van der Waals surface area contributed by atoms with E-state index in [4.69, 9.17) is 5.73 Å². The Kier molecular flexibility index (Phi) is 7.36. The van der Waals surface area contributed by atoms with Crippen LogP contribution in [0.25, 0.3) is 0 Å². The summed E-state index contributed by atoms with van der Waals surface area (Å²) < 4.78 is 0. The topological polar surface area (TPSA) is 151 Å². The molecule has 0 aromatic rings. The lowest BCUT2D eigenvalue weighted by molar-refractivity contribution is -0.140. The van der Waals surface area contributed by atoms with Gasteiger partial charge in [-0.1, -0.05) is 6.92 Å². The number of fused-ring (bicyclic) bond motifs is 1. The summed E-state index contributed by atoms with van der Waals surface area (Å²) in [6.07, 6.45) is 2.85. The summed E-state index contributed by atoms with van der Waals surface area (Å²) in [6, 6.07) is -0.858. The number of nitrogens with one attached hydrogen (secondary N) is 3. The number of rotatable bonds is 7. The number of urea groups is 1. The van der Waals surface area contributed by atoms with Crippen LogP contribution < -0.4 is 21.9 Å². The van der Waals surface area contributed by atoms with Gasteiger partial charge in [0.2, 0.25) is 23.6 Å². The monoisotopic (exact) mass is 395 g/mol. The quantitative estimate of drug-likeness (QED) is 0.343. The standard InChI is InChI=1S/C18H29N5O5/c1-10-5-6-11(7-8-13(25)21-22-18(19)28)15-14(10)16(26)23(17(15)27)9-3-4-12(24)20-2/h10-11,14-15H,3-9H2,1-2H3,(H,20,24)(H,21,25)(H3,19,22,28). The van der Waals surface area contributed by atoms with Crippen LogP contribution in [0.2, 0.25) is 0 Å². The number of primary amides is 1. The van der Waals surface area contributed by atoms with Crippen LogP contribution in [-0.4, -0.2) is 48.2 Å². The molecule has 10 nitrogen and oxygen atoms in total. The van der Waals surface area contributed by atoms with E-state index in [9.17, 15) is 24.0 Å². The number of hydrogen-bond acceptors (Lipinski definition) is 5. The molecule has 2 fully saturated rings. The lowest BCUT2D eigenvalue weighted by atomic mass is 9.67. The van der Waals surface area contributed by atoms with Crippen LogP contribution in [0.4, 0.5) is 4.79 Å². The van der Waals surface area contributed by atoms with Gasteiger partial charge in [0, 0.05) is 26.4 Å². The Morgan fingerprint density at radius 3 is 2.36 bits per heavy atom. The van der Waals surface area contributed by atoms with Crippen molar-refractivity contribution >= 4 is 29.7 Å². The van der Waals surface area contributed by atoms with E-state index in [1.54, 1.807) is 7.05 Å². The molecule has 0 aromatic carbocycles. The van der Waals surface area contributed by atoms with Gasteiger partial charge in [-0.15, -0.1) is 0 Å². The predicted octanol–water partition coefficient (Wildman–Crippen LogP) is -0.360. The van der Waals surface area contributed by atoms with Crippen LogP contribution in [0.15, 0.2) is 0 Å². The molecule has 0 bridgehead atoms. The summed E-state index contributed by atoms with van der Waals surface area (Å²) in [6.45, 7) is 2.22. The first-order valence-electron chi connectivity index (χ1n) is 9.66. The highest BCUT2D eigenvalue weighted by molar-refractivity contribution is 6.05. The third-order valence-electron chi connectivity index (χ3n) is 5.73. The highest BCUT2D eigenvalue weighted by Crippen LogP contribution is 2.46. The summed E-state index contributed by atoms with van der Waals surface area (Å²) >= 11 is 0. The zero-order valence-corrected chi connectivity index (χ0v) is 16.3. The Morgan fingerprint density at radius 2 is 1.71 bits per heavy atom. The molecule has 6 amide bonds. The SMILES string of the molecule is CNC(=O)CCCN1C(=O)C2C(C)CCC(CCC(=O)NNC(N)=O)C2C1=O. The molecule has 10 heteroatoms. The molecule has 1 saturated carbocycles. The number of likely N-dealkylation sites (tertiary alicyclic amines) is 1. The first-order valence-corrected chi connectivity index (χ1v) is 9.66. The Balaban J connectivity index is 1.98. The van der Waals surface area contributed by atoms with Crippen molar-refractivity contribution in [1.82, 2.24) is 21.1 Å². The van der Waals surface area contributed by atoms with Gasteiger partial charge in [-0.2, -0.15) is 0 Å². The van der Waals surface area contributed by atoms with E-state index >= 15 is 0 Å². The molecule has 0 radical (unpaired) electrons. The number of nitrogens with two attached hydrogens (primary N) is 1. The van der Waals surface area contributed by atoms with E-state index in [0.717, 1.165) is 12.8 Å². The lowest BCUT2D eigenvalue weighted by Crippen LogP contribution is -2.44. The average Bonchev–Trinajstić information content (AvgIpc) is 2.91. The second-order valence-electron chi connectivity index (χ2n) is 7.55. The molecular weight excluding hydrogens is 366 g/mol. The van der Waals surface area contributed by atoms with E-state index in [1.165, 1.54) is 4.90 Å². The van der Waals surface area contributed by atoms with Crippen molar-refractivity contribution in [2.45, 2.75) is 45.4 Å². The molecule has 4 unspecified atom stereocenters. The van der Waals surface area contributed by atoms with Crippen molar-refractivity contribution in [1.29, 1.82) is 0 Å². The fraction of sp³-hybridized carbons (Fsp3) is 0.722. The smallest absolute Gasteiger partial charge is 0.330 e. The van der Waals surface area contributed by atoms with Crippen LogP contribution in [0, 0.1) is 23.7 Å². The third-order valence-corrected chi connectivity index (χ3v) is 5.73. The van der Waals surface area contributed by atoms with Crippen molar-refractivity contribution in [2.24, 2.45) is 29.4 Å². The summed E-state index contributed by atoms with van der Waals surface area (Å²) in [7, 11) is 1.55. The molecule has 1 saturated heterocycles. The highest BCUT2D eigenvalue weighted by atomic mass is 16.2. The minimum atomic E-state index is -0.858. The maximum Gasteiger partial charge on any atom is 0.330 e. The van der Waals surface area contributed by atoms with Gasteiger partial charge < -0.3 is 11.1 Å². The summed E-state index contributed by atoms with van der Waals surface area (Å²) in [5.41, 5.74) is 9.13. The molecule has 4 atom stereocenters. The number of nitrogens with zero attached hydrogens (tertiary/aromatic N) is 1. The van der Waals surface area contributed by atoms with Crippen LogP contribution in [0.1, 0.15) is 45.4 Å². The first-order chi connectivity index (χ1) is 13.3. The maximum atomic E-state index is 12.9. The van der Waals surface area contributed by atoms with E-state index in [2.05, 4.69) is 10.7 Å². The third kappa shape index (κ3) is 4.99. The second kappa shape index (κ2) is 9.52. The summed E-state index contributed by atoms with van der Waals surface area (Å²) in [5, 5.41) is 2.52. The molecule has 156 valence electrons. The molecule has 2 rings (SSSR count). The predicted molar refractivity (Wildman–Crippen MR) is 99.0 cm³/mol. The van der Waals surface area contributed by atoms with Gasteiger partial charge in [0.15, 0.2) is 0 Å². The molecular formula is C18H29N5O5. The minimum absolute atomic E-state index is 0.0686. The van der Waals surface area contributed by atoms with E-state index in [-0.39, 0.29) is 54.9 Å². The van der Waals surface area contributed by atoms with E-state index in [1.807, 2.05) is 12.3 Å². The van der Waals surface area contributed by atoms with Crippen molar-refractivity contribution < 1.29 is 24.0 Å². The Morgan fingerprint density at radius 1 is 1.04 bits per heavy atom. The van der Waals surface area contributed by atoms with Crippen LogP contribution in [0.3, 0.4) is 0 Å².